The number of carbonyl (C=O) groups is 2. The average molecular weight is 360 g/mol. The Morgan fingerprint density at radius 2 is 1.69 bits per heavy atom. The van der Waals surface area contributed by atoms with Gasteiger partial charge in [0.15, 0.2) is 11.5 Å². The van der Waals surface area contributed by atoms with E-state index in [2.05, 4.69) is 6.58 Å². The summed E-state index contributed by atoms with van der Waals surface area (Å²) in [7, 11) is 0. The van der Waals surface area contributed by atoms with Gasteiger partial charge in [-0.2, -0.15) is 0 Å². The molecule has 0 aromatic heterocycles. The molecule has 0 spiro atoms. The van der Waals surface area contributed by atoms with Crippen LogP contribution in [0.25, 0.3) is 6.08 Å². The number of cyclic esters (lactones) is 2. The van der Waals surface area contributed by atoms with Gasteiger partial charge in [-0.3, -0.25) is 0 Å². The molecule has 0 atom stereocenters. The van der Waals surface area contributed by atoms with Crippen molar-refractivity contribution in [1.29, 1.82) is 0 Å². The fraction of sp³-hybridized carbons (Fsp3) is 0.400. The van der Waals surface area contributed by atoms with E-state index in [4.69, 9.17) is 18.9 Å². The zero-order valence-electron chi connectivity index (χ0n) is 15.6. The highest BCUT2D eigenvalue weighted by atomic mass is 16.7. The van der Waals surface area contributed by atoms with Gasteiger partial charge in [0.25, 0.3) is 5.79 Å². The molecule has 2 rings (SSSR count). The minimum Gasteiger partial charge on any atom is -0.490 e. The van der Waals surface area contributed by atoms with E-state index in [1.807, 2.05) is 19.9 Å². The van der Waals surface area contributed by atoms with Crippen LogP contribution < -0.4 is 9.47 Å². The van der Waals surface area contributed by atoms with Crippen LogP contribution >= 0.6 is 0 Å². The second-order valence-electron chi connectivity index (χ2n) is 6.10. The van der Waals surface area contributed by atoms with Crippen molar-refractivity contribution >= 4 is 18.0 Å². The van der Waals surface area contributed by atoms with E-state index in [-0.39, 0.29) is 5.57 Å². The zero-order valence-corrected chi connectivity index (χ0v) is 15.6. The Morgan fingerprint density at radius 1 is 1.08 bits per heavy atom. The molecule has 0 bridgehead atoms. The van der Waals surface area contributed by atoms with Crippen molar-refractivity contribution in [3.8, 4) is 11.5 Å². The number of ether oxygens (including phenoxy) is 4. The first-order valence-corrected chi connectivity index (χ1v) is 8.53. The lowest BCUT2D eigenvalue weighted by Crippen LogP contribution is -2.41. The molecule has 1 aromatic rings. The molecule has 0 aliphatic carbocycles. The second kappa shape index (κ2) is 8.08. The number of hydrogen-bond donors (Lipinski definition) is 0. The number of hydrogen-bond acceptors (Lipinski definition) is 6. The molecule has 6 nitrogen and oxygen atoms in total. The van der Waals surface area contributed by atoms with E-state index in [0.29, 0.717) is 36.7 Å². The number of benzene rings is 1. The van der Waals surface area contributed by atoms with Crippen LogP contribution in [0.5, 0.6) is 11.5 Å². The number of allylic oxidation sites excluding steroid dienone is 1. The molecule has 0 amide bonds. The van der Waals surface area contributed by atoms with Crippen molar-refractivity contribution in [3.63, 3.8) is 0 Å². The Kier molecular flexibility index (Phi) is 6.08. The molecule has 0 unspecified atom stereocenters. The fourth-order valence-corrected chi connectivity index (χ4v) is 2.59. The largest absolute Gasteiger partial charge is 0.490 e. The molecule has 1 aliphatic rings. The molecule has 1 heterocycles. The van der Waals surface area contributed by atoms with Gasteiger partial charge in [-0.25, -0.2) is 9.59 Å². The molecular weight excluding hydrogens is 336 g/mol. The van der Waals surface area contributed by atoms with Crippen LogP contribution in [0, 0.1) is 0 Å². The molecule has 1 aromatic carbocycles. The molecular formula is C20H24O6. The van der Waals surface area contributed by atoms with Gasteiger partial charge in [0, 0.05) is 19.4 Å². The third-order valence-electron chi connectivity index (χ3n) is 3.53. The zero-order chi connectivity index (χ0) is 19.3. The molecule has 26 heavy (non-hydrogen) atoms. The first kappa shape index (κ1) is 19.6. The van der Waals surface area contributed by atoms with Crippen LogP contribution in [0.3, 0.4) is 0 Å². The molecule has 1 aliphatic heterocycles. The highest BCUT2D eigenvalue weighted by Crippen LogP contribution is 2.35. The van der Waals surface area contributed by atoms with Crippen LogP contribution in [-0.4, -0.2) is 30.9 Å². The highest BCUT2D eigenvalue weighted by molar-refractivity contribution is 6.18. The lowest BCUT2D eigenvalue weighted by atomic mass is 10.0. The summed E-state index contributed by atoms with van der Waals surface area (Å²) in [5, 5.41) is 0. The Morgan fingerprint density at radius 3 is 2.23 bits per heavy atom. The van der Waals surface area contributed by atoms with Gasteiger partial charge in [0.05, 0.1) is 13.2 Å². The van der Waals surface area contributed by atoms with Crippen LogP contribution in [0.2, 0.25) is 0 Å². The van der Waals surface area contributed by atoms with Crippen molar-refractivity contribution in [2.45, 2.75) is 39.9 Å². The summed E-state index contributed by atoms with van der Waals surface area (Å²) in [5.74, 6) is -1.54. The molecule has 0 saturated carbocycles. The summed E-state index contributed by atoms with van der Waals surface area (Å²) in [4.78, 5) is 24.3. The molecule has 140 valence electrons. The maximum absolute atomic E-state index is 12.2. The van der Waals surface area contributed by atoms with Crippen molar-refractivity contribution in [1.82, 2.24) is 0 Å². The van der Waals surface area contributed by atoms with E-state index in [1.54, 1.807) is 12.1 Å². The smallest absolute Gasteiger partial charge is 0.348 e. The summed E-state index contributed by atoms with van der Waals surface area (Å²) in [5.41, 5.74) is 1.29. The van der Waals surface area contributed by atoms with Gasteiger partial charge in [0.1, 0.15) is 5.57 Å². The average Bonchev–Trinajstić information content (AvgIpc) is 2.53. The predicted octanol–water partition coefficient (Wildman–Crippen LogP) is 3.43. The lowest BCUT2D eigenvalue weighted by molar-refractivity contribution is -0.222. The van der Waals surface area contributed by atoms with Crippen molar-refractivity contribution in [2.75, 3.05) is 13.2 Å². The fourth-order valence-electron chi connectivity index (χ4n) is 2.59. The Bertz CT molecular complexity index is 723. The molecule has 0 radical (unpaired) electrons. The highest BCUT2D eigenvalue weighted by Gasteiger charge is 2.38. The first-order valence-electron chi connectivity index (χ1n) is 8.53. The van der Waals surface area contributed by atoms with Gasteiger partial charge >= 0.3 is 11.9 Å². The minimum atomic E-state index is -1.27. The molecule has 1 saturated heterocycles. The van der Waals surface area contributed by atoms with Crippen LogP contribution in [0.1, 0.15) is 38.8 Å². The third-order valence-corrected chi connectivity index (χ3v) is 3.53. The Labute approximate surface area is 153 Å². The van der Waals surface area contributed by atoms with Gasteiger partial charge in [0.2, 0.25) is 0 Å². The third kappa shape index (κ3) is 4.45. The van der Waals surface area contributed by atoms with Crippen LogP contribution in [0.15, 0.2) is 30.4 Å². The molecule has 6 heteroatoms. The SMILES string of the molecule is C=CCc1cc(C=C2C(=O)OC(C)(C)OC2=O)cc(OCC)c1OCC. The maximum atomic E-state index is 12.2. The summed E-state index contributed by atoms with van der Waals surface area (Å²) in [6, 6.07) is 3.54. The Balaban J connectivity index is 2.50. The van der Waals surface area contributed by atoms with Crippen molar-refractivity contribution < 1.29 is 28.5 Å². The van der Waals surface area contributed by atoms with Gasteiger partial charge in [-0.1, -0.05) is 6.08 Å². The van der Waals surface area contributed by atoms with Gasteiger partial charge in [-0.15, -0.1) is 6.58 Å². The topological polar surface area (TPSA) is 71.1 Å². The maximum Gasteiger partial charge on any atom is 0.348 e. The molecule has 0 N–H and O–H groups in total. The molecule has 1 fully saturated rings. The van der Waals surface area contributed by atoms with E-state index in [0.717, 1.165) is 5.56 Å². The Hall–Kier alpha value is -2.76. The van der Waals surface area contributed by atoms with Crippen molar-refractivity contribution in [2.24, 2.45) is 0 Å². The lowest BCUT2D eigenvalue weighted by Gasteiger charge is -2.29. The van der Waals surface area contributed by atoms with E-state index in [1.165, 1.54) is 19.9 Å². The van der Waals surface area contributed by atoms with Crippen LogP contribution in [0.4, 0.5) is 0 Å². The quantitative estimate of drug-likeness (QED) is 0.321. The summed E-state index contributed by atoms with van der Waals surface area (Å²) in [6.07, 6.45) is 3.73. The summed E-state index contributed by atoms with van der Waals surface area (Å²) in [6.45, 7) is 11.5. The van der Waals surface area contributed by atoms with Gasteiger partial charge in [-0.05, 0) is 44.0 Å². The van der Waals surface area contributed by atoms with Crippen molar-refractivity contribution in [3.05, 3.63) is 41.5 Å². The summed E-state index contributed by atoms with van der Waals surface area (Å²) < 4.78 is 21.6. The minimum absolute atomic E-state index is 0.166. The van der Waals surface area contributed by atoms with Gasteiger partial charge < -0.3 is 18.9 Å². The number of carbonyl (C=O) groups excluding carboxylic acids is 2. The predicted molar refractivity (Wildman–Crippen MR) is 96.9 cm³/mol. The second-order valence-corrected chi connectivity index (χ2v) is 6.10. The standard InChI is InChI=1S/C20H24O6/c1-6-9-14-10-13(12-16(23-7-2)17(14)24-8-3)11-15-18(21)25-20(4,5)26-19(15)22/h6,10-12H,1,7-9H2,2-5H3. The van der Waals surface area contributed by atoms with E-state index >= 15 is 0 Å². The summed E-state index contributed by atoms with van der Waals surface area (Å²) >= 11 is 0. The number of rotatable bonds is 7. The number of esters is 2. The van der Waals surface area contributed by atoms with Crippen LogP contribution in [-0.2, 0) is 25.5 Å². The van der Waals surface area contributed by atoms with E-state index in [9.17, 15) is 9.59 Å². The first-order chi connectivity index (χ1) is 12.3. The normalized spacial score (nSPS) is 15.8. The monoisotopic (exact) mass is 360 g/mol. The van der Waals surface area contributed by atoms with E-state index < -0.39 is 17.7 Å².